The largest absolute Gasteiger partial charge is 0.347 e. The lowest BCUT2D eigenvalue weighted by molar-refractivity contribution is 0.101. The number of rotatable bonds is 3. The van der Waals surface area contributed by atoms with Crippen molar-refractivity contribution in [3.05, 3.63) is 58.4 Å². The second-order valence-electron chi connectivity index (χ2n) is 4.09. The molecule has 0 atom stereocenters. The molecule has 1 aromatic heterocycles. The van der Waals surface area contributed by atoms with Crippen LogP contribution in [0.1, 0.15) is 28.5 Å². The van der Waals surface area contributed by atoms with Crippen molar-refractivity contribution >= 4 is 17.4 Å². The monoisotopic (exact) mass is 247 g/mol. The highest BCUT2D eigenvalue weighted by Crippen LogP contribution is 2.18. The van der Waals surface area contributed by atoms with Gasteiger partial charge >= 0.3 is 0 Å². The molecule has 1 heterocycles. The Morgan fingerprint density at radius 1 is 1.29 bits per heavy atom. The molecule has 0 spiro atoms. The molecule has 0 saturated heterocycles. The molecular formula is C14H14ClNO. The van der Waals surface area contributed by atoms with Crippen LogP contribution in [0, 0.1) is 6.92 Å². The van der Waals surface area contributed by atoms with Gasteiger partial charge in [-0.2, -0.15) is 0 Å². The third-order valence-corrected chi connectivity index (χ3v) is 3.29. The van der Waals surface area contributed by atoms with E-state index in [4.69, 9.17) is 11.6 Å². The summed E-state index contributed by atoms with van der Waals surface area (Å²) < 4.78 is 2.04. The number of aromatic nitrogens is 1. The van der Waals surface area contributed by atoms with Crippen LogP contribution in [0.3, 0.4) is 0 Å². The van der Waals surface area contributed by atoms with Crippen LogP contribution in [0.4, 0.5) is 0 Å². The van der Waals surface area contributed by atoms with E-state index < -0.39 is 0 Å². The van der Waals surface area contributed by atoms with E-state index >= 15 is 0 Å². The summed E-state index contributed by atoms with van der Waals surface area (Å²) in [6.45, 7) is 4.23. The number of hydrogen-bond acceptors (Lipinski definition) is 1. The van der Waals surface area contributed by atoms with Gasteiger partial charge in [-0.25, -0.2) is 0 Å². The summed E-state index contributed by atoms with van der Waals surface area (Å²) in [7, 11) is 0. The Bertz CT molecular complexity index is 557. The van der Waals surface area contributed by atoms with Crippen LogP contribution in [-0.4, -0.2) is 10.4 Å². The number of Topliss-reactive ketones (excluding diaryl/α,β-unsaturated/α-hetero) is 1. The zero-order valence-corrected chi connectivity index (χ0v) is 10.7. The van der Waals surface area contributed by atoms with Crippen LogP contribution in [0.15, 0.2) is 36.5 Å². The van der Waals surface area contributed by atoms with Crippen molar-refractivity contribution in [1.29, 1.82) is 0 Å². The summed E-state index contributed by atoms with van der Waals surface area (Å²) in [5, 5.41) is 0.755. The van der Waals surface area contributed by atoms with Crippen molar-refractivity contribution < 1.29 is 4.79 Å². The first-order valence-corrected chi connectivity index (χ1v) is 5.87. The minimum Gasteiger partial charge on any atom is -0.347 e. The number of carbonyl (C=O) groups excluding carboxylic acids is 1. The van der Waals surface area contributed by atoms with E-state index in [1.807, 2.05) is 48.0 Å². The SMILES string of the molecule is CC(=O)c1ccn(Cc2ccccc2Cl)c1C. The fourth-order valence-electron chi connectivity index (χ4n) is 1.91. The molecule has 17 heavy (non-hydrogen) atoms. The minimum atomic E-state index is 0.0976. The van der Waals surface area contributed by atoms with Gasteiger partial charge in [0.05, 0.1) is 0 Å². The van der Waals surface area contributed by atoms with Gasteiger partial charge in [-0.15, -0.1) is 0 Å². The van der Waals surface area contributed by atoms with Crippen molar-refractivity contribution in [3.8, 4) is 0 Å². The Hall–Kier alpha value is -1.54. The molecular weight excluding hydrogens is 234 g/mol. The van der Waals surface area contributed by atoms with E-state index in [1.165, 1.54) is 0 Å². The van der Waals surface area contributed by atoms with Gasteiger partial charge in [-0.05, 0) is 31.5 Å². The van der Waals surface area contributed by atoms with Crippen molar-refractivity contribution in [1.82, 2.24) is 4.57 Å². The number of ketones is 1. The third-order valence-electron chi connectivity index (χ3n) is 2.92. The molecule has 0 bridgehead atoms. The fourth-order valence-corrected chi connectivity index (χ4v) is 2.10. The molecule has 2 nitrogen and oxygen atoms in total. The van der Waals surface area contributed by atoms with E-state index in [9.17, 15) is 4.79 Å². The minimum absolute atomic E-state index is 0.0976. The van der Waals surface area contributed by atoms with Gasteiger partial charge in [-0.3, -0.25) is 4.79 Å². The van der Waals surface area contributed by atoms with E-state index in [0.29, 0.717) is 6.54 Å². The average Bonchev–Trinajstić information content (AvgIpc) is 2.64. The molecule has 3 heteroatoms. The van der Waals surface area contributed by atoms with Crippen LogP contribution < -0.4 is 0 Å². The molecule has 0 aliphatic rings. The van der Waals surface area contributed by atoms with Crippen molar-refractivity contribution in [2.75, 3.05) is 0 Å². The predicted molar refractivity (Wildman–Crippen MR) is 69.7 cm³/mol. The highest BCUT2D eigenvalue weighted by Gasteiger charge is 2.09. The zero-order chi connectivity index (χ0) is 12.4. The Morgan fingerprint density at radius 2 is 2.00 bits per heavy atom. The second-order valence-corrected chi connectivity index (χ2v) is 4.50. The smallest absolute Gasteiger partial charge is 0.161 e. The fraction of sp³-hybridized carbons (Fsp3) is 0.214. The number of hydrogen-bond donors (Lipinski definition) is 0. The van der Waals surface area contributed by atoms with E-state index in [1.54, 1.807) is 6.92 Å². The number of nitrogens with zero attached hydrogens (tertiary/aromatic N) is 1. The normalized spacial score (nSPS) is 10.5. The number of carbonyl (C=O) groups is 1. The molecule has 0 aliphatic carbocycles. The van der Waals surface area contributed by atoms with Crippen molar-refractivity contribution in [3.63, 3.8) is 0 Å². The molecule has 0 aliphatic heterocycles. The van der Waals surface area contributed by atoms with E-state index in [-0.39, 0.29) is 5.78 Å². The number of benzene rings is 1. The molecule has 0 N–H and O–H groups in total. The summed E-state index contributed by atoms with van der Waals surface area (Å²) in [6.07, 6.45) is 1.93. The van der Waals surface area contributed by atoms with Crippen LogP contribution in [0.5, 0.6) is 0 Å². The summed E-state index contributed by atoms with van der Waals surface area (Å²) in [4.78, 5) is 11.4. The topological polar surface area (TPSA) is 22.0 Å². The predicted octanol–water partition coefficient (Wildman–Crippen LogP) is 3.70. The van der Waals surface area contributed by atoms with Gasteiger partial charge in [0.15, 0.2) is 5.78 Å². The summed E-state index contributed by atoms with van der Waals surface area (Å²) in [5.74, 6) is 0.0976. The summed E-state index contributed by atoms with van der Waals surface area (Å²) >= 11 is 6.12. The average molecular weight is 248 g/mol. The molecule has 2 rings (SSSR count). The first kappa shape index (κ1) is 11.9. The molecule has 0 amide bonds. The van der Waals surface area contributed by atoms with Gasteiger partial charge < -0.3 is 4.57 Å². The van der Waals surface area contributed by atoms with Crippen LogP contribution in [0.2, 0.25) is 5.02 Å². The zero-order valence-electron chi connectivity index (χ0n) is 9.90. The molecule has 1 aromatic carbocycles. The van der Waals surface area contributed by atoms with Crippen LogP contribution in [-0.2, 0) is 6.54 Å². The van der Waals surface area contributed by atoms with Gasteiger partial charge in [0.2, 0.25) is 0 Å². The third kappa shape index (κ3) is 2.42. The Balaban J connectivity index is 2.31. The number of halogens is 1. The van der Waals surface area contributed by atoms with Crippen LogP contribution >= 0.6 is 11.6 Å². The van der Waals surface area contributed by atoms with Gasteiger partial charge in [0.25, 0.3) is 0 Å². The lowest BCUT2D eigenvalue weighted by Gasteiger charge is -2.08. The Kier molecular flexibility index (Phi) is 3.34. The van der Waals surface area contributed by atoms with Crippen molar-refractivity contribution in [2.24, 2.45) is 0 Å². The quantitative estimate of drug-likeness (QED) is 0.758. The van der Waals surface area contributed by atoms with Crippen LogP contribution in [0.25, 0.3) is 0 Å². The molecule has 88 valence electrons. The maximum Gasteiger partial charge on any atom is 0.161 e. The molecule has 0 saturated carbocycles. The van der Waals surface area contributed by atoms with Gasteiger partial charge in [0, 0.05) is 29.0 Å². The molecule has 2 aromatic rings. The molecule has 0 unspecified atom stereocenters. The lowest BCUT2D eigenvalue weighted by atomic mass is 10.2. The van der Waals surface area contributed by atoms with E-state index in [0.717, 1.165) is 21.8 Å². The second kappa shape index (κ2) is 4.76. The lowest BCUT2D eigenvalue weighted by Crippen LogP contribution is -2.03. The first-order chi connectivity index (χ1) is 8.09. The van der Waals surface area contributed by atoms with Gasteiger partial charge in [0.1, 0.15) is 0 Å². The molecule has 0 fully saturated rings. The Labute approximate surface area is 106 Å². The maximum atomic E-state index is 11.4. The van der Waals surface area contributed by atoms with Gasteiger partial charge in [-0.1, -0.05) is 29.8 Å². The van der Waals surface area contributed by atoms with Crippen molar-refractivity contribution in [2.45, 2.75) is 20.4 Å². The first-order valence-electron chi connectivity index (χ1n) is 5.49. The standard InChI is InChI=1S/C14H14ClNO/c1-10-13(11(2)17)7-8-16(10)9-12-5-3-4-6-14(12)15/h3-8H,9H2,1-2H3. The summed E-state index contributed by atoms with van der Waals surface area (Å²) in [6, 6.07) is 9.60. The summed E-state index contributed by atoms with van der Waals surface area (Å²) in [5.41, 5.74) is 2.82. The highest BCUT2D eigenvalue weighted by molar-refractivity contribution is 6.31. The Morgan fingerprint density at radius 3 is 2.59 bits per heavy atom. The highest BCUT2D eigenvalue weighted by atomic mass is 35.5. The van der Waals surface area contributed by atoms with E-state index in [2.05, 4.69) is 0 Å². The molecule has 0 radical (unpaired) electrons. The maximum absolute atomic E-state index is 11.4.